The van der Waals surface area contributed by atoms with E-state index < -0.39 is 6.04 Å². The molecule has 1 fully saturated rings. The Kier molecular flexibility index (Phi) is 4.51. The van der Waals surface area contributed by atoms with Gasteiger partial charge in [0, 0.05) is 38.6 Å². The van der Waals surface area contributed by atoms with Gasteiger partial charge in [-0.3, -0.25) is 14.3 Å². The van der Waals surface area contributed by atoms with Crippen molar-refractivity contribution in [3.8, 4) is 0 Å². The molecule has 2 amide bonds. The first kappa shape index (κ1) is 13.5. The summed E-state index contributed by atoms with van der Waals surface area (Å²) in [7, 11) is 0. The third-order valence-electron chi connectivity index (χ3n) is 3.18. The Hall–Kier alpha value is -1.89. The molecule has 7 nitrogen and oxygen atoms in total. The SMILES string of the molecule is CC(C(=O)NCC(=O)N1CCNCC1)n1cccn1. The van der Waals surface area contributed by atoms with Crippen molar-refractivity contribution in [2.24, 2.45) is 0 Å². The average molecular weight is 265 g/mol. The van der Waals surface area contributed by atoms with Crippen molar-refractivity contribution in [2.75, 3.05) is 32.7 Å². The van der Waals surface area contributed by atoms with Crippen molar-refractivity contribution in [1.82, 2.24) is 25.3 Å². The molecule has 0 aromatic carbocycles. The topological polar surface area (TPSA) is 79.3 Å². The first-order chi connectivity index (χ1) is 9.18. The smallest absolute Gasteiger partial charge is 0.245 e. The monoisotopic (exact) mass is 265 g/mol. The molecule has 2 N–H and O–H groups in total. The number of rotatable bonds is 4. The molecule has 7 heteroatoms. The zero-order valence-electron chi connectivity index (χ0n) is 11.0. The van der Waals surface area contributed by atoms with Crippen molar-refractivity contribution < 1.29 is 9.59 Å². The fourth-order valence-corrected chi connectivity index (χ4v) is 1.97. The van der Waals surface area contributed by atoms with Crippen LogP contribution in [0.3, 0.4) is 0 Å². The summed E-state index contributed by atoms with van der Waals surface area (Å²) in [6.07, 6.45) is 3.35. The Morgan fingerprint density at radius 1 is 1.42 bits per heavy atom. The summed E-state index contributed by atoms with van der Waals surface area (Å²) < 4.78 is 1.56. The molecule has 19 heavy (non-hydrogen) atoms. The summed E-state index contributed by atoms with van der Waals surface area (Å²) in [5.74, 6) is -0.241. The maximum atomic E-state index is 11.9. The maximum absolute atomic E-state index is 11.9. The van der Waals surface area contributed by atoms with Crippen LogP contribution >= 0.6 is 0 Å². The van der Waals surface area contributed by atoms with Crippen molar-refractivity contribution in [3.63, 3.8) is 0 Å². The Bertz CT molecular complexity index is 425. The summed E-state index contributed by atoms with van der Waals surface area (Å²) in [5, 5.41) is 9.84. The van der Waals surface area contributed by atoms with Crippen LogP contribution in [-0.4, -0.2) is 59.2 Å². The largest absolute Gasteiger partial charge is 0.345 e. The highest BCUT2D eigenvalue weighted by atomic mass is 16.2. The van der Waals surface area contributed by atoms with Gasteiger partial charge in [0.05, 0.1) is 6.54 Å². The Morgan fingerprint density at radius 3 is 2.79 bits per heavy atom. The van der Waals surface area contributed by atoms with Gasteiger partial charge in [-0.15, -0.1) is 0 Å². The lowest BCUT2D eigenvalue weighted by molar-refractivity contribution is -0.134. The number of amides is 2. The molecule has 1 unspecified atom stereocenters. The highest BCUT2D eigenvalue weighted by Gasteiger charge is 2.19. The van der Waals surface area contributed by atoms with Gasteiger partial charge in [0.25, 0.3) is 0 Å². The van der Waals surface area contributed by atoms with Crippen molar-refractivity contribution in [1.29, 1.82) is 0 Å². The number of aromatic nitrogens is 2. The van der Waals surface area contributed by atoms with Crippen LogP contribution in [0.1, 0.15) is 13.0 Å². The fourth-order valence-electron chi connectivity index (χ4n) is 1.97. The number of nitrogens with one attached hydrogen (secondary N) is 2. The van der Waals surface area contributed by atoms with E-state index in [0.29, 0.717) is 13.1 Å². The maximum Gasteiger partial charge on any atom is 0.245 e. The van der Waals surface area contributed by atoms with E-state index in [-0.39, 0.29) is 18.4 Å². The van der Waals surface area contributed by atoms with Crippen molar-refractivity contribution in [2.45, 2.75) is 13.0 Å². The van der Waals surface area contributed by atoms with E-state index in [1.165, 1.54) is 0 Å². The van der Waals surface area contributed by atoms with Crippen LogP contribution in [0.2, 0.25) is 0 Å². The van der Waals surface area contributed by atoms with Gasteiger partial charge >= 0.3 is 0 Å². The van der Waals surface area contributed by atoms with E-state index in [0.717, 1.165) is 13.1 Å². The minimum Gasteiger partial charge on any atom is -0.345 e. The molecule has 1 aliphatic rings. The second-order valence-electron chi connectivity index (χ2n) is 4.51. The second kappa shape index (κ2) is 6.33. The molecule has 0 spiro atoms. The van der Waals surface area contributed by atoms with E-state index in [4.69, 9.17) is 0 Å². The van der Waals surface area contributed by atoms with E-state index in [1.54, 1.807) is 35.0 Å². The van der Waals surface area contributed by atoms with Crippen LogP contribution in [0.4, 0.5) is 0 Å². The van der Waals surface area contributed by atoms with E-state index >= 15 is 0 Å². The summed E-state index contributed by atoms with van der Waals surface area (Å²) in [6.45, 7) is 4.81. The third kappa shape index (κ3) is 3.54. The van der Waals surface area contributed by atoms with E-state index in [9.17, 15) is 9.59 Å². The molecule has 1 aromatic heterocycles. The third-order valence-corrected chi connectivity index (χ3v) is 3.18. The fraction of sp³-hybridized carbons (Fsp3) is 0.583. The molecule has 1 aromatic rings. The van der Waals surface area contributed by atoms with E-state index in [1.807, 2.05) is 0 Å². The second-order valence-corrected chi connectivity index (χ2v) is 4.51. The number of carbonyl (C=O) groups excluding carboxylic acids is 2. The Morgan fingerprint density at radius 2 is 2.16 bits per heavy atom. The number of piperazine rings is 1. The van der Waals surface area contributed by atoms with Crippen LogP contribution in [0, 0.1) is 0 Å². The lowest BCUT2D eigenvalue weighted by Crippen LogP contribution is -2.50. The summed E-state index contributed by atoms with van der Waals surface area (Å²) in [6, 6.07) is 1.35. The summed E-state index contributed by atoms with van der Waals surface area (Å²) >= 11 is 0. The minimum atomic E-state index is -0.411. The van der Waals surface area contributed by atoms with Crippen LogP contribution in [-0.2, 0) is 9.59 Å². The molecule has 2 rings (SSSR count). The highest BCUT2D eigenvalue weighted by Crippen LogP contribution is 2.02. The van der Waals surface area contributed by atoms with E-state index in [2.05, 4.69) is 15.7 Å². The molecule has 0 aliphatic carbocycles. The quantitative estimate of drug-likeness (QED) is 0.731. The van der Waals surface area contributed by atoms with Gasteiger partial charge in [-0.1, -0.05) is 0 Å². The minimum absolute atomic E-state index is 0.0393. The van der Waals surface area contributed by atoms with Gasteiger partial charge in [-0.05, 0) is 13.0 Å². The van der Waals surface area contributed by atoms with Crippen LogP contribution in [0.5, 0.6) is 0 Å². The first-order valence-corrected chi connectivity index (χ1v) is 6.44. The zero-order chi connectivity index (χ0) is 13.7. The molecule has 1 saturated heterocycles. The normalized spacial score (nSPS) is 17.0. The number of carbonyl (C=O) groups is 2. The van der Waals surface area contributed by atoms with Gasteiger partial charge in [-0.2, -0.15) is 5.10 Å². The molecule has 1 aliphatic heterocycles. The molecule has 0 bridgehead atoms. The predicted molar refractivity (Wildman–Crippen MR) is 69.4 cm³/mol. The molecule has 0 saturated carbocycles. The number of hydrogen-bond donors (Lipinski definition) is 2. The lowest BCUT2D eigenvalue weighted by atomic mass is 10.3. The molecule has 2 heterocycles. The van der Waals surface area contributed by atoms with Crippen LogP contribution in [0.25, 0.3) is 0 Å². The lowest BCUT2D eigenvalue weighted by Gasteiger charge is -2.27. The zero-order valence-corrected chi connectivity index (χ0v) is 11.0. The molecular formula is C12H19N5O2. The molecule has 1 atom stereocenters. The average Bonchev–Trinajstić information content (AvgIpc) is 2.98. The summed E-state index contributed by atoms with van der Waals surface area (Å²) in [5.41, 5.74) is 0. The van der Waals surface area contributed by atoms with Gasteiger partial charge in [-0.25, -0.2) is 0 Å². The van der Waals surface area contributed by atoms with Gasteiger partial charge in [0.1, 0.15) is 6.04 Å². The summed E-state index contributed by atoms with van der Waals surface area (Å²) in [4.78, 5) is 25.5. The standard InChI is InChI=1S/C12H19N5O2/c1-10(17-6-2-3-15-17)12(19)14-9-11(18)16-7-4-13-5-8-16/h2-3,6,10,13H,4-5,7-9H2,1H3,(H,14,19). The van der Waals surface area contributed by atoms with Crippen LogP contribution < -0.4 is 10.6 Å². The molecule has 104 valence electrons. The van der Waals surface area contributed by atoms with Crippen LogP contribution in [0.15, 0.2) is 18.5 Å². The first-order valence-electron chi connectivity index (χ1n) is 6.44. The number of hydrogen-bond acceptors (Lipinski definition) is 4. The highest BCUT2D eigenvalue weighted by molar-refractivity contribution is 5.86. The number of nitrogens with zero attached hydrogens (tertiary/aromatic N) is 3. The van der Waals surface area contributed by atoms with Crippen molar-refractivity contribution in [3.05, 3.63) is 18.5 Å². The predicted octanol–water partition coefficient (Wildman–Crippen LogP) is -1.01. The Balaban J connectivity index is 1.78. The molecule has 0 radical (unpaired) electrons. The molecular weight excluding hydrogens is 246 g/mol. The van der Waals surface area contributed by atoms with Crippen molar-refractivity contribution >= 4 is 11.8 Å². The Labute approximate surface area is 111 Å². The van der Waals surface area contributed by atoms with Gasteiger partial charge in [0.15, 0.2) is 0 Å². The van der Waals surface area contributed by atoms with Gasteiger partial charge < -0.3 is 15.5 Å². The van der Waals surface area contributed by atoms with Gasteiger partial charge in [0.2, 0.25) is 11.8 Å².